The Labute approximate surface area is 122 Å². The molecule has 0 aromatic heterocycles. The summed E-state index contributed by atoms with van der Waals surface area (Å²) < 4.78 is 5.85. The third kappa shape index (κ3) is 3.53. The van der Waals surface area contributed by atoms with Crippen LogP contribution in [-0.4, -0.2) is 38.3 Å². The summed E-state index contributed by atoms with van der Waals surface area (Å²) in [6.07, 6.45) is 8.70. The molecule has 0 spiro atoms. The minimum atomic E-state index is 0.305. The van der Waals surface area contributed by atoms with Crippen molar-refractivity contribution in [1.29, 1.82) is 0 Å². The molecule has 0 aromatic rings. The van der Waals surface area contributed by atoms with Crippen LogP contribution < -0.4 is 10.6 Å². The molecule has 0 aromatic carbocycles. The summed E-state index contributed by atoms with van der Waals surface area (Å²) in [4.78, 5) is 12.1. The number of carbonyl (C=O) groups excluding carboxylic acids is 1. The van der Waals surface area contributed by atoms with Gasteiger partial charge in [0.1, 0.15) is 0 Å². The number of ether oxygens (including phenoxy) is 1. The first-order valence-electron chi connectivity index (χ1n) is 8.43. The van der Waals surface area contributed by atoms with Crippen molar-refractivity contribution >= 4 is 5.91 Å². The molecule has 3 rings (SSSR count). The van der Waals surface area contributed by atoms with Crippen molar-refractivity contribution in [2.45, 2.75) is 51.0 Å². The van der Waals surface area contributed by atoms with Crippen LogP contribution in [0.5, 0.6) is 0 Å². The van der Waals surface area contributed by atoms with E-state index in [2.05, 4.69) is 10.6 Å². The molecule has 1 saturated heterocycles. The summed E-state index contributed by atoms with van der Waals surface area (Å²) in [6, 6.07) is 0. The molecule has 2 bridgehead atoms. The molecular formula is C16H28N2O2. The van der Waals surface area contributed by atoms with E-state index in [9.17, 15) is 4.79 Å². The predicted octanol–water partition coefficient (Wildman–Crippen LogP) is 1.70. The predicted molar refractivity (Wildman–Crippen MR) is 78.4 cm³/mol. The van der Waals surface area contributed by atoms with Gasteiger partial charge in [-0.3, -0.25) is 4.79 Å². The fourth-order valence-corrected chi connectivity index (χ4v) is 4.19. The van der Waals surface area contributed by atoms with E-state index in [1.165, 1.54) is 19.3 Å². The first-order valence-corrected chi connectivity index (χ1v) is 8.43. The Kier molecular flexibility index (Phi) is 4.94. The smallest absolute Gasteiger partial charge is 0.223 e. The zero-order valence-electron chi connectivity index (χ0n) is 12.4. The molecule has 1 heterocycles. The minimum Gasteiger partial charge on any atom is -0.378 e. The molecule has 2 saturated carbocycles. The summed E-state index contributed by atoms with van der Waals surface area (Å²) in [5.41, 5.74) is 0. The van der Waals surface area contributed by atoms with Gasteiger partial charge in [0.15, 0.2) is 0 Å². The third-order valence-electron chi connectivity index (χ3n) is 5.33. The van der Waals surface area contributed by atoms with Gasteiger partial charge in [-0.05, 0) is 63.5 Å². The van der Waals surface area contributed by atoms with E-state index in [1.54, 1.807) is 0 Å². The molecule has 3 atom stereocenters. The maximum atomic E-state index is 12.1. The maximum absolute atomic E-state index is 12.1. The number of piperidine rings is 1. The second kappa shape index (κ2) is 6.90. The van der Waals surface area contributed by atoms with Crippen LogP contribution in [0, 0.1) is 17.8 Å². The standard InChI is InChI=1S/C16H28N2O2/c19-16(15-11-12-2-3-13(15)10-12)18-6-1-9-20-14-4-7-17-8-5-14/h12-15,17H,1-11H2,(H,18,19). The van der Waals surface area contributed by atoms with Crippen LogP contribution in [0.4, 0.5) is 0 Å². The fraction of sp³-hybridized carbons (Fsp3) is 0.938. The Balaban J connectivity index is 1.25. The zero-order chi connectivity index (χ0) is 13.8. The summed E-state index contributed by atoms with van der Waals surface area (Å²) >= 11 is 0. The second-order valence-corrected chi connectivity index (χ2v) is 6.75. The first kappa shape index (κ1) is 14.3. The largest absolute Gasteiger partial charge is 0.378 e. The summed E-state index contributed by atoms with van der Waals surface area (Å²) in [5.74, 6) is 2.16. The Hall–Kier alpha value is -0.610. The van der Waals surface area contributed by atoms with Crippen LogP contribution in [0.25, 0.3) is 0 Å². The SMILES string of the molecule is O=C(NCCCOC1CCNCC1)C1CC2CCC1C2. The van der Waals surface area contributed by atoms with Gasteiger partial charge in [0.25, 0.3) is 0 Å². The monoisotopic (exact) mass is 280 g/mol. The van der Waals surface area contributed by atoms with Crippen molar-refractivity contribution in [2.24, 2.45) is 17.8 Å². The Morgan fingerprint density at radius 1 is 1.15 bits per heavy atom. The molecule has 1 aliphatic heterocycles. The van der Waals surface area contributed by atoms with Gasteiger partial charge in [0.2, 0.25) is 5.91 Å². The third-order valence-corrected chi connectivity index (χ3v) is 5.33. The Morgan fingerprint density at radius 3 is 2.70 bits per heavy atom. The number of fused-ring (bicyclic) bond motifs is 2. The highest BCUT2D eigenvalue weighted by molar-refractivity contribution is 5.79. The lowest BCUT2D eigenvalue weighted by Crippen LogP contribution is -2.35. The lowest BCUT2D eigenvalue weighted by Gasteiger charge is -2.23. The highest BCUT2D eigenvalue weighted by Gasteiger charge is 2.42. The number of hydrogen-bond acceptors (Lipinski definition) is 3. The minimum absolute atomic E-state index is 0.305. The average Bonchev–Trinajstić information content (AvgIpc) is 3.10. The van der Waals surface area contributed by atoms with Gasteiger partial charge >= 0.3 is 0 Å². The van der Waals surface area contributed by atoms with Gasteiger partial charge in [-0.15, -0.1) is 0 Å². The second-order valence-electron chi connectivity index (χ2n) is 6.75. The molecule has 3 aliphatic rings. The fourth-order valence-electron chi connectivity index (χ4n) is 4.19. The van der Waals surface area contributed by atoms with Crippen molar-refractivity contribution in [2.75, 3.05) is 26.2 Å². The molecule has 0 radical (unpaired) electrons. The lowest BCUT2D eigenvalue weighted by molar-refractivity contribution is -0.126. The van der Waals surface area contributed by atoms with Crippen LogP contribution in [0.15, 0.2) is 0 Å². The molecule has 4 heteroatoms. The molecule has 20 heavy (non-hydrogen) atoms. The number of amides is 1. The molecule has 1 amide bonds. The van der Waals surface area contributed by atoms with E-state index >= 15 is 0 Å². The molecular weight excluding hydrogens is 252 g/mol. The van der Waals surface area contributed by atoms with E-state index in [0.717, 1.165) is 57.8 Å². The highest BCUT2D eigenvalue weighted by atomic mass is 16.5. The molecule has 2 aliphatic carbocycles. The van der Waals surface area contributed by atoms with Gasteiger partial charge < -0.3 is 15.4 Å². The summed E-state index contributed by atoms with van der Waals surface area (Å²) in [6.45, 7) is 3.70. The van der Waals surface area contributed by atoms with Gasteiger partial charge in [0.05, 0.1) is 6.10 Å². The lowest BCUT2D eigenvalue weighted by atomic mass is 9.88. The Morgan fingerprint density at radius 2 is 2.00 bits per heavy atom. The normalized spacial score (nSPS) is 33.5. The quantitative estimate of drug-likeness (QED) is 0.728. The van der Waals surface area contributed by atoms with Crippen molar-refractivity contribution in [3.63, 3.8) is 0 Å². The summed E-state index contributed by atoms with van der Waals surface area (Å²) in [5, 5.41) is 6.45. The molecule has 3 fully saturated rings. The van der Waals surface area contributed by atoms with E-state index in [0.29, 0.717) is 23.8 Å². The van der Waals surface area contributed by atoms with Crippen molar-refractivity contribution in [1.82, 2.24) is 10.6 Å². The van der Waals surface area contributed by atoms with Gasteiger partial charge in [-0.2, -0.15) is 0 Å². The van der Waals surface area contributed by atoms with Crippen molar-refractivity contribution in [3.05, 3.63) is 0 Å². The molecule has 3 unspecified atom stereocenters. The van der Waals surface area contributed by atoms with Crippen LogP contribution >= 0.6 is 0 Å². The topological polar surface area (TPSA) is 50.4 Å². The first-order chi connectivity index (χ1) is 9.83. The van der Waals surface area contributed by atoms with E-state index in [1.807, 2.05) is 0 Å². The summed E-state index contributed by atoms with van der Waals surface area (Å²) in [7, 11) is 0. The van der Waals surface area contributed by atoms with E-state index in [4.69, 9.17) is 4.74 Å². The van der Waals surface area contributed by atoms with Crippen LogP contribution in [-0.2, 0) is 9.53 Å². The molecule has 2 N–H and O–H groups in total. The molecule has 4 nitrogen and oxygen atoms in total. The number of nitrogens with one attached hydrogen (secondary N) is 2. The van der Waals surface area contributed by atoms with Gasteiger partial charge in [-0.1, -0.05) is 6.42 Å². The van der Waals surface area contributed by atoms with Crippen molar-refractivity contribution < 1.29 is 9.53 Å². The molecule has 114 valence electrons. The number of rotatable bonds is 6. The van der Waals surface area contributed by atoms with Crippen molar-refractivity contribution in [3.8, 4) is 0 Å². The van der Waals surface area contributed by atoms with Crippen LogP contribution in [0.1, 0.15) is 44.9 Å². The highest BCUT2D eigenvalue weighted by Crippen LogP contribution is 2.48. The zero-order valence-corrected chi connectivity index (χ0v) is 12.4. The maximum Gasteiger partial charge on any atom is 0.223 e. The number of hydrogen-bond donors (Lipinski definition) is 2. The van der Waals surface area contributed by atoms with Crippen LogP contribution in [0.2, 0.25) is 0 Å². The van der Waals surface area contributed by atoms with Gasteiger partial charge in [0, 0.05) is 19.1 Å². The van der Waals surface area contributed by atoms with Gasteiger partial charge in [-0.25, -0.2) is 0 Å². The Bertz CT molecular complexity index is 328. The number of carbonyl (C=O) groups is 1. The van der Waals surface area contributed by atoms with Crippen LogP contribution in [0.3, 0.4) is 0 Å². The van der Waals surface area contributed by atoms with E-state index in [-0.39, 0.29) is 0 Å². The average molecular weight is 280 g/mol. The van der Waals surface area contributed by atoms with E-state index < -0.39 is 0 Å².